The summed E-state index contributed by atoms with van der Waals surface area (Å²) in [6.07, 6.45) is 2.56. The fourth-order valence-corrected chi connectivity index (χ4v) is 3.58. The molecule has 0 unspecified atom stereocenters. The Bertz CT molecular complexity index is 471. The van der Waals surface area contributed by atoms with Gasteiger partial charge in [-0.15, -0.1) is 0 Å². The number of aliphatic hydroxyl groups is 1. The number of likely N-dealkylation sites (tertiary alicyclic amines) is 2. The van der Waals surface area contributed by atoms with Gasteiger partial charge in [-0.1, -0.05) is 18.2 Å². The van der Waals surface area contributed by atoms with Gasteiger partial charge in [0.25, 0.3) is 5.91 Å². The molecule has 0 spiro atoms. The second kappa shape index (κ2) is 6.58. The molecule has 2 atom stereocenters. The molecule has 0 saturated carbocycles. The van der Waals surface area contributed by atoms with E-state index in [1.54, 1.807) is 0 Å². The van der Waals surface area contributed by atoms with E-state index in [0.717, 1.165) is 18.7 Å². The van der Waals surface area contributed by atoms with Gasteiger partial charge in [-0.05, 0) is 44.0 Å². The predicted octanol–water partition coefficient (Wildman–Crippen LogP) is 1.46. The summed E-state index contributed by atoms with van der Waals surface area (Å²) in [5, 5.41) is 9.62. The molecule has 2 aliphatic heterocycles. The van der Waals surface area contributed by atoms with Crippen molar-refractivity contribution >= 4 is 5.91 Å². The largest absolute Gasteiger partial charge is 0.396 e. The summed E-state index contributed by atoms with van der Waals surface area (Å²) in [4.78, 5) is 16.9. The maximum atomic E-state index is 12.5. The van der Waals surface area contributed by atoms with E-state index < -0.39 is 0 Å². The van der Waals surface area contributed by atoms with E-state index in [-0.39, 0.29) is 18.4 Å². The lowest BCUT2D eigenvalue weighted by Crippen LogP contribution is -2.32. The van der Waals surface area contributed by atoms with Crippen LogP contribution in [0, 0.1) is 11.8 Å². The van der Waals surface area contributed by atoms with Crippen molar-refractivity contribution in [2.75, 3.05) is 39.3 Å². The fourth-order valence-electron chi connectivity index (χ4n) is 3.58. The smallest absolute Gasteiger partial charge is 0.253 e. The zero-order valence-corrected chi connectivity index (χ0v) is 12.4. The first-order valence-electron chi connectivity index (χ1n) is 7.95. The van der Waals surface area contributed by atoms with Crippen LogP contribution in [0.5, 0.6) is 0 Å². The number of benzene rings is 1. The first-order chi connectivity index (χ1) is 10.3. The van der Waals surface area contributed by atoms with Gasteiger partial charge in [-0.25, -0.2) is 0 Å². The van der Waals surface area contributed by atoms with Gasteiger partial charge in [0.2, 0.25) is 0 Å². The van der Waals surface area contributed by atoms with Crippen LogP contribution >= 0.6 is 0 Å². The van der Waals surface area contributed by atoms with Crippen LogP contribution in [0.3, 0.4) is 0 Å². The highest BCUT2D eigenvalue weighted by atomic mass is 16.3. The van der Waals surface area contributed by atoms with Gasteiger partial charge in [0.1, 0.15) is 0 Å². The minimum Gasteiger partial charge on any atom is -0.396 e. The number of rotatable bonds is 4. The molecule has 21 heavy (non-hydrogen) atoms. The molecule has 1 aromatic carbocycles. The molecular weight excluding hydrogens is 264 g/mol. The molecule has 3 rings (SSSR count). The number of hydrogen-bond donors (Lipinski definition) is 1. The third kappa shape index (κ3) is 3.27. The average molecular weight is 288 g/mol. The molecule has 2 heterocycles. The lowest BCUT2D eigenvalue weighted by molar-refractivity contribution is 0.0779. The molecule has 1 N–H and O–H groups in total. The lowest BCUT2D eigenvalue weighted by atomic mass is 9.96. The molecule has 4 nitrogen and oxygen atoms in total. The molecular formula is C17H24N2O2. The zero-order chi connectivity index (χ0) is 14.7. The predicted molar refractivity (Wildman–Crippen MR) is 82.1 cm³/mol. The van der Waals surface area contributed by atoms with E-state index in [2.05, 4.69) is 4.90 Å². The van der Waals surface area contributed by atoms with Gasteiger partial charge in [0.05, 0.1) is 0 Å². The second-order valence-electron chi connectivity index (χ2n) is 6.29. The molecule has 1 aromatic rings. The summed E-state index contributed by atoms with van der Waals surface area (Å²) in [7, 11) is 0. The molecule has 0 aliphatic carbocycles. The number of carbonyl (C=O) groups is 1. The van der Waals surface area contributed by atoms with Gasteiger partial charge >= 0.3 is 0 Å². The lowest BCUT2D eigenvalue weighted by Gasteiger charge is -2.22. The van der Waals surface area contributed by atoms with E-state index >= 15 is 0 Å². The summed E-state index contributed by atoms with van der Waals surface area (Å²) in [6.45, 7) is 4.99. The molecule has 0 aromatic heterocycles. The topological polar surface area (TPSA) is 43.8 Å². The number of carbonyl (C=O) groups excluding carboxylic acids is 1. The summed E-state index contributed by atoms with van der Waals surface area (Å²) in [6, 6.07) is 9.45. The van der Waals surface area contributed by atoms with Crippen molar-refractivity contribution in [1.29, 1.82) is 0 Å². The van der Waals surface area contributed by atoms with E-state index in [9.17, 15) is 9.90 Å². The minimum atomic E-state index is 0.0953. The highest BCUT2D eigenvalue weighted by Crippen LogP contribution is 2.26. The summed E-state index contributed by atoms with van der Waals surface area (Å²) in [5.41, 5.74) is 0.746. The number of hydrogen-bond acceptors (Lipinski definition) is 3. The molecule has 0 bridgehead atoms. The van der Waals surface area contributed by atoms with Crippen molar-refractivity contribution in [3.8, 4) is 0 Å². The molecule has 0 radical (unpaired) electrons. The molecule has 114 valence electrons. The van der Waals surface area contributed by atoms with Crippen molar-refractivity contribution in [3.05, 3.63) is 35.9 Å². The Morgan fingerprint density at radius 2 is 1.76 bits per heavy atom. The summed E-state index contributed by atoms with van der Waals surface area (Å²) in [5.74, 6) is 0.719. The van der Waals surface area contributed by atoms with Crippen molar-refractivity contribution in [3.63, 3.8) is 0 Å². The second-order valence-corrected chi connectivity index (χ2v) is 6.29. The SMILES string of the molecule is O=C(c1ccccc1)N1C[C@@H](CO)[C@@H](CN2CCCC2)C1. The number of amides is 1. The Balaban J connectivity index is 1.64. The molecule has 2 aliphatic rings. The van der Waals surface area contributed by atoms with Gasteiger partial charge in [0, 0.05) is 37.7 Å². The third-order valence-electron chi connectivity index (χ3n) is 4.81. The van der Waals surface area contributed by atoms with Crippen molar-refractivity contribution in [2.24, 2.45) is 11.8 Å². The van der Waals surface area contributed by atoms with Crippen LogP contribution in [-0.2, 0) is 0 Å². The van der Waals surface area contributed by atoms with Crippen LogP contribution in [0.4, 0.5) is 0 Å². The Hall–Kier alpha value is -1.39. The fraction of sp³-hybridized carbons (Fsp3) is 0.588. The zero-order valence-electron chi connectivity index (χ0n) is 12.4. The average Bonchev–Trinajstić information content (AvgIpc) is 3.17. The Kier molecular flexibility index (Phi) is 4.56. The van der Waals surface area contributed by atoms with E-state index in [1.807, 2.05) is 35.2 Å². The normalized spacial score (nSPS) is 26.4. The van der Waals surface area contributed by atoms with Crippen LogP contribution in [0.2, 0.25) is 0 Å². The maximum Gasteiger partial charge on any atom is 0.253 e. The standard InChI is InChI=1S/C17H24N2O2/c20-13-16-12-19(17(21)14-6-2-1-3-7-14)11-15(16)10-18-8-4-5-9-18/h1-3,6-7,15-16,20H,4-5,8-13H2/t15-,16-/m0/s1. The quantitative estimate of drug-likeness (QED) is 0.912. The Morgan fingerprint density at radius 1 is 1.10 bits per heavy atom. The first kappa shape index (κ1) is 14.5. The Labute approximate surface area is 126 Å². The Morgan fingerprint density at radius 3 is 2.43 bits per heavy atom. The number of nitrogens with zero attached hydrogens (tertiary/aromatic N) is 2. The monoisotopic (exact) mass is 288 g/mol. The third-order valence-corrected chi connectivity index (χ3v) is 4.81. The van der Waals surface area contributed by atoms with Gasteiger partial charge < -0.3 is 14.9 Å². The highest BCUT2D eigenvalue weighted by molar-refractivity contribution is 5.94. The van der Waals surface area contributed by atoms with Crippen molar-refractivity contribution in [1.82, 2.24) is 9.80 Å². The molecule has 2 saturated heterocycles. The van der Waals surface area contributed by atoms with Crippen molar-refractivity contribution < 1.29 is 9.90 Å². The van der Waals surface area contributed by atoms with Crippen LogP contribution in [0.1, 0.15) is 23.2 Å². The van der Waals surface area contributed by atoms with Crippen molar-refractivity contribution in [2.45, 2.75) is 12.8 Å². The van der Waals surface area contributed by atoms with Crippen LogP contribution in [0.25, 0.3) is 0 Å². The van der Waals surface area contributed by atoms with Crippen LogP contribution < -0.4 is 0 Å². The van der Waals surface area contributed by atoms with E-state index in [0.29, 0.717) is 12.5 Å². The maximum absolute atomic E-state index is 12.5. The highest BCUT2D eigenvalue weighted by Gasteiger charge is 2.36. The van der Waals surface area contributed by atoms with E-state index in [1.165, 1.54) is 25.9 Å². The van der Waals surface area contributed by atoms with Gasteiger partial charge in [0.15, 0.2) is 0 Å². The molecule has 2 fully saturated rings. The molecule has 4 heteroatoms. The van der Waals surface area contributed by atoms with Gasteiger partial charge in [-0.3, -0.25) is 4.79 Å². The van der Waals surface area contributed by atoms with Crippen LogP contribution in [0.15, 0.2) is 30.3 Å². The number of aliphatic hydroxyl groups excluding tert-OH is 1. The van der Waals surface area contributed by atoms with E-state index in [4.69, 9.17) is 0 Å². The van der Waals surface area contributed by atoms with Crippen LogP contribution in [-0.4, -0.2) is 60.1 Å². The van der Waals surface area contributed by atoms with Gasteiger partial charge in [-0.2, -0.15) is 0 Å². The minimum absolute atomic E-state index is 0.0953. The summed E-state index contributed by atoms with van der Waals surface area (Å²) >= 11 is 0. The summed E-state index contributed by atoms with van der Waals surface area (Å²) < 4.78 is 0. The molecule has 1 amide bonds. The first-order valence-corrected chi connectivity index (χ1v) is 7.95.